The highest BCUT2D eigenvalue weighted by Gasteiger charge is 2.21. The van der Waals surface area contributed by atoms with Crippen molar-refractivity contribution >= 4 is 29.3 Å². The van der Waals surface area contributed by atoms with Gasteiger partial charge in [-0.3, -0.25) is 4.79 Å². The van der Waals surface area contributed by atoms with Crippen molar-refractivity contribution in [2.45, 2.75) is 39.0 Å². The fraction of sp³-hybridized carbons (Fsp3) is 0.500. The normalized spacial score (nSPS) is 14.8. The molecule has 168 valence electrons. The van der Waals surface area contributed by atoms with Crippen LogP contribution in [-0.2, 0) is 0 Å². The van der Waals surface area contributed by atoms with Gasteiger partial charge in [0.25, 0.3) is 0 Å². The van der Waals surface area contributed by atoms with Crippen molar-refractivity contribution in [2.75, 3.05) is 33.3 Å². The summed E-state index contributed by atoms with van der Waals surface area (Å²) in [6, 6.07) is 5.56. The van der Waals surface area contributed by atoms with Crippen LogP contribution < -0.4 is 10.1 Å². The van der Waals surface area contributed by atoms with Gasteiger partial charge in [0.2, 0.25) is 5.82 Å². The molecule has 1 aromatic carbocycles. The molecular weight excluding hydrogens is 420 g/mol. The summed E-state index contributed by atoms with van der Waals surface area (Å²) >= 11 is 0. The van der Waals surface area contributed by atoms with Crippen molar-refractivity contribution in [3.8, 4) is 17.3 Å². The van der Waals surface area contributed by atoms with Gasteiger partial charge in [-0.2, -0.15) is 4.98 Å². The number of aromatic nitrogens is 2. The van der Waals surface area contributed by atoms with Crippen LogP contribution in [0.3, 0.4) is 0 Å². The number of hydrogen-bond acceptors (Lipinski definition) is 7. The molecule has 1 saturated heterocycles. The lowest BCUT2D eigenvalue weighted by Crippen LogP contribution is -2.30. The third kappa shape index (κ3) is 5.37. The zero-order chi connectivity index (χ0) is 20.9. The Morgan fingerprint density at radius 1 is 1.23 bits per heavy atom. The number of nitrogens with one attached hydrogen (secondary N) is 1. The highest BCUT2D eigenvalue weighted by Crippen LogP contribution is 2.33. The number of benzene rings is 1. The summed E-state index contributed by atoms with van der Waals surface area (Å²) in [5, 5.41) is 7.72. The zero-order valence-electron chi connectivity index (χ0n) is 18.0. The predicted octanol–water partition coefficient (Wildman–Crippen LogP) is 4.22. The van der Waals surface area contributed by atoms with Gasteiger partial charge in [-0.15, -0.1) is 12.4 Å². The Kier molecular flexibility index (Phi) is 7.92. The van der Waals surface area contributed by atoms with E-state index >= 15 is 0 Å². The molecule has 0 spiro atoms. The number of carbonyl (C=O) groups excluding carboxylic acids is 1. The molecule has 1 aliphatic heterocycles. The Morgan fingerprint density at radius 3 is 2.74 bits per heavy atom. The van der Waals surface area contributed by atoms with Crippen molar-refractivity contribution in [1.29, 1.82) is 0 Å². The molecular formula is C22H29ClN4O4. The van der Waals surface area contributed by atoms with Gasteiger partial charge in [0, 0.05) is 17.5 Å². The molecule has 1 N–H and O–H groups in total. The minimum absolute atomic E-state index is 0. The van der Waals surface area contributed by atoms with E-state index in [9.17, 15) is 4.79 Å². The van der Waals surface area contributed by atoms with Gasteiger partial charge in [-0.25, -0.2) is 0 Å². The van der Waals surface area contributed by atoms with E-state index in [0.717, 1.165) is 42.8 Å². The van der Waals surface area contributed by atoms with E-state index < -0.39 is 0 Å². The molecule has 1 aliphatic rings. The average molecular weight is 449 g/mol. The maximum Gasteiger partial charge on any atom is 0.316 e. The van der Waals surface area contributed by atoms with Crippen molar-refractivity contribution in [1.82, 2.24) is 20.4 Å². The molecule has 0 saturated carbocycles. The molecule has 0 atom stereocenters. The SMILES string of the molecule is COc1ccc2oc(-c3noc(C(=O)NCCCN4CCCCCC4)n3)c(C)c2c1.Cl. The third-order valence-electron chi connectivity index (χ3n) is 5.60. The van der Waals surface area contributed by atoms with Crippen molar-refractivity contribution < 1.29 is 18.5 Å². The first-order valence-corrected chi connectivity index (χ1v) is 10.6. The predicted molar refractivity (Wildman–Crippen MR) is 120 cm³/mol. The number of amides is 1. The molecule has 3 aromatic rings. The van der Waals surface area contributed by atoms with Crippen LogP contribution in [0.2, 0.25) is 0 Å². The summed E-state index contributed by atoms with van der Waals surface area (Å²) in [7, 11) is 1.62. The van der Waals surface area contributed by atoms with Crippen LogP contribution in [0.25, 0.3) is 22.6 Å². The lowest BCUT2D eigenvalue weighted by atomic mass is 10.1. The van der Waals surface area contributed by atoms with Crippen LogP contribution in [0.4, 0.5) is 0 Å². The van der Waals surface area contributed by atoms with Gasteiger partial charge < -0.3 is 23.9 Å². The minimum Gasteiger partial charge on any atom is -0.497 e. The van der Waals surface area contributed by atoms with Crippen molar-refractivity contribution in [3.63, 3.8) is 0 Å². The number of methoxy groups -OCH3 is 1. The molecule has 9 heteroatoms. The largest absolute Gasteiger partial charge is 0.497 e. The first-order chi connectivity index (χ1) is 14.7. The fourth-order valence-corrected chi connectivity index (χ4v) is 3.89. The maximum absolute atomic E-state index is 12.4. The molecule has 8 nitrogen and oxygen atoms in total. The maximum atomic E-state index is 12.4. The number of halogens is 1. The second kappa shape index (κ2) is 10.6. The Bertz CT molecular complexity index is 1010. The molecule has 3 heterocycles. The monoisotopic (exact) mass is 448 g/mol. The van der Waals surface area contributed by atoms with Crippen LogP contribution in [-0.4, -0.2) is 54.2 Å². The third-order valence-corrected chi connectivity index (χ3v) is 5.60. The van der Waals surface area contributed by atoms with Crippen molar-refractivity contribution in [2.24, 2.45) is 0 Å². The number of likely N-dealkylation sites (tertiary alicyclic amines) is 1. The summed E-state index contributed by atoms with van der Waals surface area (Å²) in [4.78, 5) is 19.1. The zero-order valence-corrected chi connectivity index (χ0v) is 18.8. The number of aryl methyl sites for hydroxylation is 1. The lowest BCUT2D eigenvalue weighted by molar-refractivity contribution is 0.0908. The molecule has 0 aliphatic carbocycles. The first-order valence-electron chi connectivity index (χ1n) is 10.6. The average Bonchev–Trinajstić information content (AvgIpc) is 3.27. The number of fused-ring (bicyclic) bond motifs is 1. The van der Waals surface area contributed by atoms with E-state index in [2.05, 4.69) is 20.4 Å². The second-order valence-corrected chi connectivity index (χ2v) is 7.71. The molecule has 0 bridgehead atoms. The summed E-state index contributed by atoms with van der Waals surface area (Å²) < 4.78 is 16.3. The lowest BCUT2D eigenvalue weighted by Gasteiger charge is -2.19. The van der Waals surface area contributed by atoms with E-state index in [1.54, 1.807) is 7.11 Å². The molecule has 0 unspecified atom stereocenters. The van der Waals surface area contributed by atoms with Gasteiger partial charge in [0.1, 0.15) is 11.3 Å². The van der Waals surface area contributed by atoms with Gasteiger partial charge in [-0.05, 0) is 64.0 Å². The van der Waals surface area contributed by atoms with E-state index in [0.29, 0.717) is 17.9 Å². The van der Waals surface area contributed by atoms with E-state index in [1.165, 1.54) is 25.7 Å². The number of furan rings is 1. The van der Waals surface area contributed by atoms with Gasteiger partial charge >= 0.3 is 11.8 Å². The Balaban J connectivity index is 0.00000272. The van der Waals surface area contributed by atoms with Crippen LogP contribution in [0.15, 0.2) is 27.1 Å². The first kappa shape index (κ1) is 23.1. The number of hydrogen-bond donors (Lipinski definition) is 1. The number of nitrogens with zero attached hydrogens (tertiary/aromatic N) is 3. The van der Waals surface area contributed by atoms with E-state index in [4.69, 9.17) is 13.7 Å². The molecule has 31 heavy (non-hydrogen) atoms. The Labute approximate surface area is 187 Å². The summed E-state index contributed by atoms with van der Waals surface area (Å²) in [6.07, 6.45) is 6.09. The summed E-state index contributed by atoms with van der Waals surface area (Å²) in [6.45, 7) is 5.81. The number of ether oxygens (including phenoxy) is 1. The quantitative estimate of drug-likeness (QED) is 0.541. The van der Waals surface area contributed by atoms with E-state index in [1.807, 2.05) is 25.1 Å². The fourth-order valence-electron chi connectivity index (χ4n) is 3.89. The second-order valence-electron chi connectivity index (χ2n) is 7.71. The van der Waals surface area contributed by atoms with Crippen LogP contribution in [0.1, 0.15) is 48.4 Å². The highest BCUT2D eigenvalue weighted by atomic mass is 35.5. The number of rotatable bonds is 7. The molecule has 1 fully saturated rings. The summed E-state index contributed by atoms with van der Waals surface area (Å²) in [5.41, 5.74) is 1.57. The summed E-state index contributed by atoms with van der Waals surface area (Å²) in [5.74, 6) is 1.07. The van der Waals surface area contributed by atoms with Crippen molar-refractivity contribution in [3.05, 3.63) is 29.7 Å². The molecule has 0 radical (unpaired) electrons. The standard InChI is InChI=1S/C22H28N4O4.ClH/c1-15-17-14-16(28-2)8-9-18(17)29-19(15)20-24-22(30-25-20)21(27)23-10-7-13-26-11-5-3-4-6-12-26;/h8-9,14H,3-7,10-13H2,1-2H3,(H,23,27);1H. The molecule has 1 amide bonds. The Hall–Kier alpha value is -2.58. The topological polar surface area (TPSA) is 93.6 Å². The van der Waals surface area contributed by atoms with Crippen LogP contribution >= 0.6 is 12.4 Å². The van der Waals surface area contributed by atoms with Crippen LogP contribution in [0, 0.1) is 6.92 Å². The molecule has 2 aromatic heterocycles. The van der Waals surface area contributed by atoms with E-state index in [-0.39, 0.29) is 30.0 Å². The minimum atomic E-state index is -0.361. The van der Waals surface area contributed by atoms with Gasteiger partial charge in [0.05, 0.1) is 7.11 Å². The smallest absolute Gasteiger partial charge is 0.316 e. The molecule has 4 rings (SSSR count). The number of carbonyl (C=O) groups is 1. The Morgan fingerprint density at radius 2 is 2.00 bits per heavy atom. The van der Waals surface area contributed by atoms with Gasteiger partial charge in [-0.1, -0.05) is 18.0 Å². The van der Waals surface area contributed by atoms with Gasteiger partial charge in [0.15, 0.2) is 5.76 Å². The van der Waals surface area contributed by atoms with Crippen LogP contribution in [0.5, 0.6) is 5.75 Å². The highest BCUT2D eigenvalue weighted by molar-refractivity contribution is 5.91.